The van der Waals surface area contributed by atoms with E-state index in [1.54, 1.807) is 0 Å². The second-order valence-electron chi connectivity index (χ2n) is 4.83. The van der Waals surface area contributed by atoms with Crippen LogP contribution in [0.1, 0.15) is 32.4 Å². The van der Waals surface area contributed by atoms with Crippen molar-refractivity contribution in [2.45, 2.75) is 33.2 Å². The van der Waals surface area contributed by atoms with E-state index in [2.05, 4.69) is 35.4 Å². The molecule has 0 spiro atoms. The van der Waals surface area contributed by atoms with E-state index >= 15 is 0 Å². The summed E-state index contributed by atoms with van der Waals surface area (Å²) in [6, 6.07) is 0. The van der Waals surface area contributed by atoms with Crippen molar-refractivity contribution in [3.63, 3.8) is 0 Å². The van der Waals surface area contributed by atoms with E-state index in [1.807, 2.05) is 29.6 Å². The number of aryl methyl sites for hydroxylation is 1. The minimum absolute atomic E-state index is 0.317. The molecule has 1 atom stereocenters. The van der Waals surface area contributed by atoms with Crippen LogP contribution in [0.25, 0.3) is 5.69 Å². The zero-order chi connectivity index (χ0) is 13.1. The van der Waals surface area contributed by atoms with E-state index in [0.717, 1.165) is 17.9 Å². The molecule has 0 bridgehead atoms. The maximum absolute atomic E-state index is 5.88. The predicted molar refractivity (Wildman–Crippen MR) is 71.7 cm³/mol. The lowest BCUT2D eigenvalue weighted by atomic mass is 9.93. The van der Waals surface area contributed by atoms with Gasteiger partial charge in [0.2, 0.25) is 0 Å². The molecule has 0 amide bonds. The summed E-state index contributed by atoms with van der Waals surface area (Å²) in [5, 5.41) is 4.30. The molecule has 18 heavy (non-hydrogen) atoms. The molecule has 0 saturated carbocycles. The number of hydrogen-bond acceptors (Lipinski definition) is 3. The summed E-state index contributed by atoms with van der Waals surface area (Å²) in [6.07, 6.45) is 7.62. The third kappa shape index (κ3) is 2.31. The molecule has 0 aromatic carbocycles. The molecule has 0 saturated heterocycles. The Kier molecular flexibility index (Phi) is 3.81. The van der Waals surface area contributed by atoms with Gasteiger partial charge in [0.15, 0.2) is 0 Å². The zero-order valence-electron chi connectivity index (χ0n) is 11.2. The largest absolute Gasteiger partial charge is 0.330 e. The van der Waals surface area contributed by atoms with Crippen molar-refractivity contribution in [1.82, 2.24) is 19.3 Å². The van der Waals surface area contributed by atoms with Crippen LogP contribution >= 0.6 is 0 Å². The average molecular weight is 247 g/mol. The van der Waals surface area contributed by atoms with Crippen molar-refractivity contribution >= 4 is 0 Å². The molecule has 2 aromatic heterocycles. The molecule has 1 unspecified atom stereocenters. The summed E-state index contributed by atoms with van der Waals surface area (Å²) in [5.74, 6) is 0.809. The van der Waals surface area contributed by atoms with Gasteiger partial charge in [0.05, 0.1) is 18.2 Å². The summed E-state index contributed by atoms with van der Waals surface area (Å²) in [4.78, 5) is 4.26. The summed E-state index contributed by atoms with van der Waals surface area (Å²) in [6.45, 7) is 7.94. The SMILES string of the molecule is CCn1cc(-n2cncc2C(CN)C(C)C)cn1. The lowest BCUT2D eigenvalue weighted by molar-refractivity contribution is 0.490. The number of rotatable bonds is 5. The second kappa shape index (κ2) is 5.35. The molecule has 0 aliphatic rings. The first kappa shape index (κ1) is 12.8. The van der Waals surface area contributed by atoms with Gasteiger partial charge in [-0.25, -0.2) is 4.98 Å². The fourth-order valence-corrected chi connectivity index (χ4v) is 2.18. The van der Waals surface area contributed by atoms with Crippen LogP contribution < -0.4 is 5.73 Å². The fraction of sp³-hybridized carbons (Fsp3) is 0.538. The Balaban J connectivity index is 2.37. The third-order valence-corrected chi connectivity index (χ3v) is 3.33. The Morgan fingerprint density at radius 1 is 1.33 bits per heavy atom. The monoisotopic (exact) mass is 247 g/mol. The van der Waals surface area contributed by atoms with E-state index in [4.69, 9.17) is 5.73 Å². The van der Waals surface area contributed by atoms with Crippen molar-refractivity contribution in [3.05, 3.63) is 30.6 Å². The Morgan fingerprint density at radius 3 is 2.67 bits per heavy atom. The highest BCUT2D eigenvalue weighted by Crippen LogP contribution is 2.25. The smallest absolute Gasteiger partial charge is 0.0995 e. The second-order valence-corrected chi connectivity index (χ2v) is 4.83. The lowest BCUT2D eigenvalue weighted by Gasteiger charge is -2.19. The van der Waals surface area contributed by atoms with Gasteiger partial charge in [-0.3, -0.25) is 9.25 Å². The predicted octanol–water partition coefficient (Wildman–Crippen LogP) is 1.79. The molecule has 98 valence electrons. The molecule has 0 radical (unpaired) electrons. The molecule has 0 fully saturated rings. The van der Waals surface area contributed by atoms with Gasteiger partial charge in [0, 0.05) is 37.1 Å². The topological polar surface area (TPSA) is 61.7 Å². The summed E-state index contributed by atoms with van der Waals surface area (Å²) in [5.41, 5.74) is 8.08. The lowest BCUT2D eigenvalue weighted by Crippen LogP contribution is -2.20. The molecule has 2 rings (SSSR count). The number of imidazole rings is 1. The summed E-state index contributed by atoms with van der Waals surface area (Å²) < 4.78 is 3.99. The van der Waals surface area contributed by atoms with Crippen LogP contribution in [0, 0.1) is 5.92 Å². The maximum Gasteiger partial charge on any atom is 0.0995 e. The van der Waals surface area contributed by atoms with Gasteiger partial charge in [-0.15, -0.1) is 0 Å². The van der Waals surface area contributed by atoms with Crippen LogP contribution in [0.5, 0.6) is 0 Å². The van der Waals surface area contributed by atoms with Crippen LogP contribution in [0.15, 0.2) is 24.9 Å². The normalized spacial score (nSPS) is 13.2. The maximum atomic E-state index is 5.88. The highest BCUT2D eigenvalue weighted by atomic mass is 15.3. The van der Waals surface area contributed by atoms with Crippen LogP contribution in [0.3, 0.4) is 0 Å². The first-order valence-corrected chi connectivity index (χ1v) is 6.42. The van der Waals surface area contributed by atoms with Crippen molar-refractivity contribution in [1.29, 1.82) is 0 Å². The molecule has 0 aliphatic carbocycles. The molecule has 2 heterocycles. The van der Waals surface area contributed by atoms with Crippen molar-refractivity contribution < 1.29 is 0 Å². The fourth-order valence-electron chi connectivity index (χ4n) is 2.18. The van der Waals surface area contributed by atoms with Gasteiger partial charge in [-0.05, 0) is 12.8 Å². The Bertz CT molecular complexity index is 497. The average Bonchev–Trinajstić information content (AvgIpc) is 2.96. The van der Waals surface area contributed by atoms with Crippen molar-refractivity contribution in [2.24, 2.45) is 11.7 Å². The zero-order valence-corrected chi connectivity index (χ0v) is 11.2. The highest BCUT2D eigenvalue weighted by Gasteiger charge is 2.19. The first-order chi connectivity index (χ1) is 8.67. The van der Waals surface area contributed by atoms with Gasteiger partial charge >= 0.3 is 0 Å². The van der Waals surface area contributed by atoms with E-state index < -0.39 is 0 Å². The van der Waals surface area contributed by atoms with Crippen LogP contribution in [-0.2, 0) is 6.54 Å². The molecular weight excluding hydrogens is 226 g/mol. The van der Waals surface area contributed by atoms with Crippen LogP contribution in [0.2, 0.25) is 0 Å². The van der Waals surface area contributed by atoms with Crippen LogP contribution in [-0.4, -0.2) is 25.9 Å². The molecule has 5 nitrogen and oxygen atoms in total. The first-order valence-electron chi connectivity index (χ1n) is 6.42. The standard InChI is InChI=1S/C13H21N5/c1-4-17-8-11(6-16-17)18-9-15-7-13(18)12(5-14)10(2)3/h6-10,12H,4-5,14H2,1-3H3. The molecule has 5 heteroatoms. The molecule has 0 aliphatic heterocycles. The Labute approximate surface area is 108 Å². The Hall–Kier alpha value is -1.62. The summed E-state index contributed by atoms with van der Waals surface area (Å²) >= 11 is 0. The van der Waals surface area contributed by atoms with E-state index in [9.17, 15) is 0 Å². The number of hydrogen-bond donors (Lipinski definition) is 1. The van der Waals surface area contributed by atoms with E-state index in [-0.39, 0.29) is 0 Å². The number of nitrogens with zero attached hydrogens (tertiary/aromatic N) is 4. The van der Waals surface area contributed by atoms with E-state index in [1.165, 1.54) is 0 Å². The van der Waals surface area contributed by atoms with Gasteiger partial charge in [-0.1, -0.05) is 13.8 Å². The van der Waals surface area contributed by atoms with Gasteiger partial charge in [0.25, 0.3) is 0 Å². The van der Waals surface area contributed by atoms with Gasteiger partial charge in [-0.2, -0.15) is 5.10 Å². The third-order valence-electron chi connectivity index (χ3n) is 3.33. The van der Waals surface area contributed by atoms with Gasteiger partial charge < -0.3 is 5.73 Å². The number of aromatic nitrogens is 4. The molecule has 2 aromatic rings. The summed E-state index contributed by atoms with van der Waals surface area (Å²) in [7, 11) is 0. The molecule has 2 N–H and O–H groups in total. The molecular formula is C13H21N5. The van der Waals surface area contributed by atoms with E-state index in [0.29, 0.717) is 18.4 Å². The highest BCUT2D eigenvalue weighted by molar-refractivity contribution is 5.30. The quantitative estimate of drug-likeness (QED) is 0.876. The van der Waals surface area contributed by atoms with Crippen molar-refractivity contribution in [2.75, 3.05) is 6.54 Å². The van der Waals surface area contributed by atoms with Crippen LogP contribution in [0.4, 0.5) is 0 Å². The number of nitrogens with two attached hydrogens (primary N) is 1. The minimum atomic E-state index is 0.317. The van der Waals surface area contributed by atoms with Gasteiger partial charge in [0.1, 0.15) is 0 Å². The van der Waals surface area contributed by atoms with Crippen molar-refractivity contribution in [3.8, 4) is 5.69 Å². The Morgan fingerprint density at radius 2 is 2.11 bits per heavy atom. The minimum Gasteiger partial charge on any atom is -0.330 e.